The Balaban J connectivity index is 2.00. The number of hydrogen-bond donors (Lipinski definition) is 2. The SMILES string of the molecule is NC(=O)CNCC(=O)OCC1CCCO1. The summed E-state index contributed by atoms with van der Waals surface area (Å²) >= 11 is 0. The summed E-state index contributed by atoms with van der Waals surface area (Å²) in [6.45, 7) is 1.00. The lowest BCUT2D eigenvalue weighted by molar-refractivity contribution is -0.145. The standard InChI is InChI=1S/C9H16N2O4/c10-8(12)4-11-5-9(13)15-6-7-2-1-3-14-7/h7,11H,1-6H2,(H2,10,12). The van der Waals surface area contributed by atoms with Crippen molar-refractivity contribution in [2.75, 3.05) is 26.3 Å². The maximum absolute atomic E-state index is 11.1. The molecule has 0 aliphatic carbocycles. The van der Waals surface area contributed by atoms with Gasteiger partial charge in [0.15, 0.2) is 0 Å². The van der Waals surface area contributed by atoms with Gasteiger partial charge in [0.2, 0.25) is 5.91 Å². The molecule has 1 unspecified atom stereocenters. The molecule has 0 spiro atoms. The number of esters is 1. The summed E-state index contributed by atoms with van der Waals surface area (Å²) in [6.07, 6.45) is 1.98. The van der Waals surface area contributed by atoms with Gasteiger partial charge in [-0.25, -0.2) is 0 Å². The number of nitrogens with one attached hydrogen (secondary N) is 1. The molecule has 0 aromatic rings. The summed E-state index contributed by atoms with van der Waals surface area (Å²) < 4.78 is 10.2. The molecule has 6 nitrogen and oxygen atoms in total. The molecule has 0 aromatic carbocycles. The predicted molar refractivity (Wildman–Crippen MR) is 52.0 cm³/mol. The minimum absolute atomic E-state index is 0.00431. The molecule has 1 aliphatic heterocycles. The molecule has 1 heterocycles. The van der Waals surface area contributed by atoms with Crippen LogP contribution in [0.25, 0.3) is 0 Å². The quantitative estimate of drug-likeness (QED) is 0.543. The van der Waals surface area contributed by atoms with Gasteiger partial charge in [-0.2, -0.15) is 0 Å². The first-order chi connectivity index (χ1) is 7.18. The van der Waals surface area contributed by atoms with E-state index in [1.165, 1.54) is 0 Å². The smallest absolute Gasteiger partial charge is 0.320 e. The highest BCUT2D eigenvalue weighted by molar-refractivity contribution is 5.77. The topological polar surface area (TPSA) is 90.7 Å². The van der Waals surface area contributed by atoms with Crippen molar-refractivity contribution >= 4 is 11.9 Å². The Morgan fingerprint density at radius 1 is 1.47 bits per heavy atom. The molecule has 1 aliphatic rings. The van der Waals surface area contributed by atoms with Crippen LogP contribution in [0.15, 0.2) is 0 Å². The molecule has 1 amide bonds. The van der Waals surface area contributed by atoms with Gasteiger partial charge >= 0.3 is 5.97 Å². The molecule has 1 fully saturated rings. The van der Waals surface area contributed by atoms with Crippen molar-refractivity contribution in [1.29, 1.82) is 0 Å². The van der Waals surface area contributed by atoms with Gasteiger partial charge in [-0.15, -0.1) is 0 Å². The number of amides is 1. The molecule has 1 rings (SSSR count). The van der Waals surface area contributed by atoms with Gasteiger partial charge in [0.1, 0.15) is 6.61 Å². The van der Waals surface area contributed by atoms with Gasteiger partial charge < -0.3 is 15.2 Å². The van der Waals surface area contributed by atoms with Crippen LogP contribution in [0.2, 0.25) is 0 Å². The van der Waals surface area contributed by atoms with E-state index < -0.39 is 11.9 Å². The van der Waals surface area contributed by atoms with E-state index in [0.717, 1.165) is 19.4 Å². The number of hydrogen-bond acceptors (Lipinski definition) is 5. The Kier molecular flexibility index (Phi) is 5.06. The second-order valence-corrected chi connectivity index (χ2v) is 3.39. The zero-order valence-electron chi connectivity index (χ0n) is 8.53. The number of carbonyl (C=O) groups excluding carboxylic acids is 2. The van der Waals surface area contributed by atoms with E-state index in [4.69, 9.17) is 15.2 Å². The fourth-order valence-corrected chi connectivity index (χ4v) is 1.30. The third-order valence-corrected chi connectivity index (χ3v) is 2.02. The largest absolute Gasteiger partial charge is 0.462 e. The van der Waals surface area contributed by atoms with E-state index in [9.17, 15) is 9.59 Å². The Morgan fingerprint density at radius 2 is 2.27 bits per heavy atom. The van der Waals surface area contributed by atoms with Gasteiger partial charge in [0.05, 0.1) is 19.2 Å². The lowest BCUT2D eigenvalue weighted by Crippen LogP contribution is -2.33. The maximum Gasteiger partial charge on any atom is 0.320 e. The highest BCUT2D eigenvalue weighted by Crippen LogP contribution is 2.11. The first kappa shape index (κ1) is 11.9. The molecule has 15 heavy (non-hydrogen) atoms. The van der Waals surface area contributed by atoms with Crippen molar-refractivity contribution in [2.24, 2.45) is 5.73 Å². The second-order valence-electron chi connectivity index (χ2n) is 3.39. The van der Waals surface area contributed by atoms with Crippen molar-refractivity contribution < 1.29 is 19.1 Å². The Labute approximate surface area is 88.1 Å². The van der Waals surface area contributed by atoms with E-state index in [2.05, 4.69) is 5.32 Å². The number of ether oxygens (including phenoxy) is 2. The lowest BCUT2D eigenvalue weighted by atomic mass is 10.2. The predicted octanol–water partition coefficient (Wildman–Crippen LogP) is -1.22. The molecular formula is C9H16N2O4. The van der Waals surface area contributed by atoms with Crippen LogP contribution in [0.3, 0.4) is 0 Å². The van der Waals surface area contributed by atoms with Crippen molar-refractivity contribution in [1.82, 2.24) is 5.32 Å². The molecule has 1 saturated heterocycles. The monoisotopic (exact) mass is 216 g/mol. The maximum atomic E-state index is 11.1. The lowest BCUT2D eigenvalue weighted by Gasteiger charge is -2.10. The highest BCUT2D eigenvalue weighted by atomic mass is 16.6. The fourth-order valence-electron chi connectivity index (χ4n) is 1.30. The van der Waals surface area contributed by atoms with Gasteiger partial charge in [-0.3, -0.25) is 14.9 Å². The molecule has 0 aromatic heterocycles. The second kappa shape index (κ2) is 6.36. The van der Waals surface area contributed by atoms with E-state index in [1.54, 1.807) is 0 Å². The van der Waals surface area contributed by atoms with Gasteiger partial charge in [0.25, 0.3) is 0 Å². The fraction of sp³-hybridized carbons (Fsp3) is 0.778. The van der Waals surface area contributed by atoms with Gasteiger partial charge in [-0.05, 0) is 12.8 Å². The summed E-state index contributed by atoms with van der Waals surface area (Å²) in [4.78, 5) is 21.4. The molecule has 1 atom stereocenters. The number of primary amides is 1. The minimum atomic E-state index is -0.498. The first-order valence-corrected chi connectivity index (χ1v) is 4.94. The third kappa shape index (κ3) is 5.34. The van der Waals surface area contributed by atoms with E-state index in [1.807, 2.05) is 0 Å². The van der Waals surface area contributed by atoms with Gasteiger partial charge in [-0.1, -0.05) is 0 Å². The average Bonchev–Trinajstić information content (AvgIpc) is 2.66. The summed E-state index contributed by atoms with van der Waals surface area (Å²) in [5, 5.41) is 2.57. The number of rotatable bonds is 6. The van der Waals surface area contributed by atoms with E-state index in [0.29, 0.717) is 0 Å². The average molecular weight is 216 g/mol. The van der Waals surface area contributed by atoms with Crippen LogP contribution in [-0.2, 0) is 19.1 Å². The van der Waals surface area contributed by atoms with Crippen molar-refractivity contribution in [3.8, 4) is 0 Å². The Hall–Kier alpha value is -1.14. The summed E-state index contributed by atoms with van der Waals surface area (Å²) in [5.41, 5.74) is 4.88. The normalized spacial score (nSPS) is 20.1. The minimum Gasteiger partial charge on any atom is -0.462 e. The first-order valence-electron chi connectivity index (χ1n) is 4.94. The number of nitrogens with two attached hydrogens (primary N) is 1. The third-order valence-electron chi connectivity index (χ3n) is 2.02. The van der Waals surface area contributed by atoms with Crippen LogP contribution in [0.4, 0.5) is 0 Å². The van der Waals surface area contributed by atoms with Crippen LogP contribution in [0, 0.1) is 0 Å². The van der Waals surface area contributed by atoms with Crippen LogP contribution in [-0.4, -0.2) is 44.3 Å². The highest BCUT2D eigenvalue weighted by Gasteiger charge is 2.17. The molecule has 0 saturated carbocycles. The van der Waals surface area contributed by atoms with Crippen LogP contribution in [0.5, 0.6) is 0 Å². The molecule has 0 radical (unpaired) electrons. The Morgan fingerprint density at radius 3 is 2.87 bits per heavy atom. The van der Waals surface area contributed by atoms with Crippen LogP contribution in [0.1, 0.15) is 12.8 Å². The zero-order chi connectivity index (χ0) is 11.1. The van der Waals surface area contributed by atoms with Crippen LogP contribution >= 0.6 is 0 Å². The zero-order valence-corrected chi connectivity index (χ0v) is 8.53. The summed E-state index contributed by atoms with van der Waals surface area (Å²) in [6, 6.07) is 0. The summed E-state index contributed by atoms with van der Waals surface area (Å²) in [7, 11) is 0. The molecule has 3 N–H and O–H groups in total. The molecular weight excluding hydrogens is 200 g/mol. The van der Waals surface area contributed by atoms with Crippen LogP contribution < -0.4 is 11.1 Å². The molecule has 0 bridgehead atoms. The molecule has 6 heteroatoms. The Bertz CT molecular complexity index is 226. The van der Waals surface area contributed by atoms with E-state index >= 15 is 0 Å². The van der Waals surface area contributed by atoms with Crippen molar-refractivity contribution in [3.05, 3.63) is 0 Å². The molecule has 86 valence electrons. The summed E-state index contributed by atoms with van der Waals surface area (Å²) in [5.74, 6) is -0.895. The van der Waals surface area contributed by atoms with Crippen molar-refractivity contribution in [2.45, 2.75) is 18.9 Å². The van der Waals surface area contributed by atoms with Gasteiger partial charge in [0, 0.05) is 6.61 Å². The van der Waals surface area contributed by atoms with E-state index in [-0.39, 0.29) is 25.8 Å². The number of carbonyl (C=O) groups is 2. The van der Waals surface area contributed by atoms with Crippen molar-refractivity contribution in [3.63, 3.8) is 0 Å².